The molecule has 0 saturated heterocycles. The lowest BCUT2D eigenvalue weighted by molar-refractivity contribution is 0.0474. The van der Waals surface area contributed by atoms with Crippen LogP contribution >= 0.6 is 11.3 Å². The number of thiophene rings is 1. The molecule has 0 spiro atoms. The number of nitrogens with two attached hydrogens (primary N) is 1. The summed E-state index contributed by atoms with van der Waals surface area (Å²) in [5.41, 5.74) is 6.83. The minimum Gasteiger partial charge on any atom is -0.455 e. The molecule has 18 heavy (non-hydrogen) atoms. The Morgan fingerprint density at radius 1 is 1.56 bits per heavy atom. The molecule has 5 nitrogen and oxygen atoms in total. The Hall–Kier alpha value is -1.82. The fourth-order valence-electron chi connectivity index (χ4n) is 1.43. The highest BCUT2D eigenvalue weighted by Gasteiger charge is 2.13. The predicted molar refractivity (Wildman–Crippen MR) is 70.5 cm³/mol. The van der Waals surface area contributed by atoms with Crippen molar-refractivity contribution < 1.29 is 9.53 Å². The van der Waals surface area contributed by atoms with Crippen molar-refractivity contribution in [3.05, 3.63) is 34.3 Å². The summed E-state index contributed by atoms with van der Waals surface area (Å²) in [5, 5.41) is 6.06. The van der Waals surface area contributed by atoms with E-state index in [0.717, 1.165) is 5.69 Å². The van der Waals surface area contributed by atoms with Crippen LogP contribution < -0.4 is 5.73 Å². The molecule has 2 aromatic heterocycles. The molecular formula is C12H15N3O2S. The fourth-order valence-corrected chi connectivity index (χ4v) is 2.14. The maximum absolute atomic E-state index is 11.7. The van der Waals surface area contributed by atoms with Crippen molar-refractivity contribution in [3.8, 4) is 0 Å². The highest BCUT2D eigenvalue weighted by atomic mass is 32.1. The molecule has 0 amide bonds. The third-order valence-electron chi connectivity index (χ3n) is 2.42. The zero-order valence-electron chi connectivity index (χ0n) is 10.3. The zero-order valence-corrected chi connectivity index (χ0v) is 11.1. The van der Waals surface area contributed by atoms with Crippen molar-refractivity contribution in [1.29, 1.82) is 0 Å². The van der Waals surface area contributed by atoms with E-state index < -0.39 is 5.97 Å². The van der Waals surface area contributed by atoms with Gasteiger partial charge in [-0.05, 0) is 31.4 Å². The minimum atomic E-state index is -0.401. The van der Waals surface area contributed by atoms with Crippen molar-refractivity contribution in [3.63, 3.8) is 0 Å². The van der Waals surface area contributed by atoms with Crippen LogP contribution in [-0.2, 0) is 11.3 Å². The fraction of sp³-hybridized carbons (Fsp3) is 0.333. The van der Waals surface area contributed by atoms with Crippen LogP contribution in [-0.4, -0.2) is 15.7 Å². The van der Waals surface area contributed by atoms with Gasteiger partial charge in [0.05, 0.1) is 11.4 Å². The van der Waals surface area contributed by atoms with Gasteiger partial charge in [0.15, 0.2) is 0 Å². The number of carbonyl (C=O) groups excluding carboxylic acids is 1. The molecule has 0 saturated carbocycles. The third-order valence-corrected chi connectivity index (χ3v) is 3.34. The molecule has 0 radical (unpaired) electrons. The summed E-state index contributed by atoms with van der Waals surface area (Å²) < 4.78 is 6.98. The Balaban J connectivity index is 1.95. The number of hydrogen-bond acceptors (Lipinski definition) is 5. The van der Waals surface area contributed by atoms with E-state index in [2.05, 4.69) is 5.10 Å². The Bertz CT molecular complexity index is 545. The molecule has 0 aliphatic heterocycles. The molecule has 2 rings (SSSR count). The van der Waals surface area contributed by atoms with E-state index >= 15 is 0 Å². The number of aromatic nitrogens is 2. The van der Waals surface area contributed by atoms with Gasteiger partial charge in [-0.25, -0.2) is 4.79 Å². The van der Waals surface area contributed by atoms with Gasteiger partial charge in [-0.1, -0.05) is 0 Å². The van der Waals surface area contributed by atoms with Gasteiger partial charge < -0.3 is 10.5 Å². The van der Waals surface area contributed by atoms with E-state index in [-0.39, 0.29) is 6.61 Å². The van der Waals surface area contributed by atoms with Crippen molar-refractivity contribution in [2.24, 2.45) is 0 Å². The molecule has 0 aliphatic rings. The number of nitrogens with zero attached hydrogens (tertiary/aromatic N) is 2. The van der Waals surface area contributed by atoms with Crippen LogP contribution in [0.25, 0.3) is 0 Å². The molecule has 0 atom stereocenters. The molecule has 2 heterocycles. The summed E-state index contributed by atoms with van der Waals surface area (Å²) in [4.78, 5) is 12.2. The lowest BCUT2D eigenvalue weighted by Gasteiger charge is -2.04. The van der Waals surface area contributed by atoms with E-state index in [1.165, 1.54) is 11.3 Å². The van der Waals surface area contributed by atoms with Gasteiger partial charge in [0.1, 0.15) is 11.5 Å². The van der Waals surface area contributed by atoms with Crippen LogP contribution in [0.5, 0.6) is 0 Å². The summed E-state index contributed by atoms with van der Waals surface area (Å²) in [6.07, 6.45) is 1.87. The SMILES string of the molecule is CC(C)n1ccc(COC(=O)c2sccc2N)n1. The molecule has 0 aliphatic carbocycles. The van der Waals surface area contributed by atoms with Gasteiger partial charge in [-0.15, -0.1) is 11.3 Å². The van der Waals surface area contributed by atoms with Gasteiger partial charge in [0, 0.05) is 12.2 Å². The second kappa shape index (κ2) is 5.22. The van der Waals surface area contributed by atoms with Gasteiger partial charge in [-0.3, -0.25) is 4.68 Å². The first kappa shape index (κ1) is 12.6. The second-order valence-corrected chi connectivity index (χ2v) is 5.08. The zero-order chi connectivity index (χ0) is 13.1. The maximum Gasteiger partial charge on any atom is 0.350 e. The summed E-state index contributed by atoms with van der Waals surface area (Å²) in [5.74, 6) is -0.401. The quantitative estimate of drug-likeness (QED) is 0.862. The lowest BCUT2D eigenvalue weighted by Crippen LogP contribution is -2.07. The average Bonchev–Trinajstić information content (AvgIpc) is 2.94. The third kappa shape index (κ3) is 2.70. The predicted octanol–water partition coefficient (Wildman–Crippen LogP) is 2.46. The van der Waals surface area contributed by atoms with Crippen LogP contribution in [0.2, 0.25) is 0 Å². The first-order valence-electron chi connectivity index (χ1n) is 5.62. The maximum atomic E-state index is 11.7. The molecular weight excluding hydrogens is 250 g/mol. The topological polar surface area (TPSA) is 70.1 Å². The Morgan fingerprint density at radius 2 is 2.33 bits per heavy atom. The molecule has 0 fully saturated rings. The van der Waals surface area contributed by atoms with Gasteiger partial charge in [0.25, 0.3) is 0 Å². The Labute approximate surface area is 109 Å². The van der Waals surface area contributed by atoms with Gasteiger partial charge in [0.2, 0.25) is 0 Å². The first-order chi connectivity index (χ1) is 8.58. The smallest absolute Gasteiger partial charge is 0.350 e. The van der Waals surface area contributed by atoms with Crippen LogP contribution in [0.3, 0.4) is 0 Å². The van der Waals surface area contributed by atoms with Crippen molar-refractivity contribution in [1.82, 2.24) is 9.78 Å². The monoisotopic (exact) mass is 265 g/mol. The van der Waals surface area contributed by atoms with Gasteiger partial charge >= 0.3 is 5.97 Å². The number of rotatable bonds is 4. The Kier molecular flexibility index (Phi) is 3.66. The highest BCUT2D eigenvalue weighted by Crippen LogP contribution is 2.20. The second-order valence-electron chi connectivity index (χ2n) is 4.16. The van der Waals surface area contributed by atoms with Crippen molar-refractivity contribution >= 4 is 23.0 Å². The number of esters is 1. The summed E-state index contributed by atoms with van der Waals surface area (Å²) in [7, 11) is 0. The van der Waals surface area contributed by atoms with E-state index in [4.69, 9.17) is 10.5 Å². The normalized spacial score (nSPS) is 10.8. The van der Waals surface area contributed by atoms with Crippen molar-refractivity contribution in [2.45, 2.75) is 26.5 Å². The average molecular weight is 265 g/mol. The van der Waals surface area contributed by atoms with Crippen molar-refractivity contribution in [2.75, 3.05) is 5.73 Å². The molecule has 6 heteroatoms. The largest absolute Gasteiger partial charge is 0.455 e. The molecule has 0 aromatic carbocycles. The van der Waals surface area contributed by atoms with E-state index in [1.807, 2.05) is 30.8 Å². The Morgan fingerprint density at radius 3 is 2.89 bits per heavy atom. The van der Waals surface area contributed by atoms with E-state index in [1.54, 1.807) is 11.4 Å². The van der Waals surface area contributed by atoms with E-state index in [9.17, 15) is 4.79 Å². The summed E-state index contributed by atoms with van der Waals surface area (Å²) in [6.45, 7) is 4.24. The lowest BCUT2D eigenvalue weighted by atomic mass is 10.4. The number of ether oxygens (including phenoxy) is 1. The standard InChI is InChI=1S/C12H15N3O2S/c1-8(2)15-5-3-9(14-15)7-17-12(16)11-10(13)4-6-18-11/h3-6,8H,7,13H2,1-2H3. The van der Waals surface area contributed by atoms with Gasteiger partial charge in [-0.2, -0.15) is 5.10 Å². The summed E-state index contributed by atoms with van der Waals surface area (Å²) >= 11 is 1.28. The molecule has 0 bridgehead atoms. The van der Waals surface area contributed by atoms with Crippen LogP contribution in [0.1, 0.15) is 35.3 Å². The first-order valence-corrected chi connectivity index (χ1v) is 6.50. The minimum absolute atomic E-state index is 0.163. The number of anilines is 1. The number of carbonyl (C=O) groups is 1. The summed E-state index contributed by atoms with van der Waals surface area (Å²) in [6, 6.07) is 3.82. The highest BCUT2D eigenvalue weighted by molar-refractivity contribution is 7.12. The molecule has 2 aromatic rings. The molecule has 96 valence electrons. The van der Waals surface area contributed by atoms with Crippen LogP contribution in [0, 0.1) is 0 Å². The number of hydrogen-bond donors (Lipinski definition) is 1. The van der Waals surface area contributed by atoms with Crippen LogP contribution in [0.15, 0.2) is 23.7 Å². The number of nitrogen functional groups attached to an aromatic ring is 1. The van der Waals surface area contributed by atoms with E-state index in [0.29, 0.717) is 16.6 Å². The molecule has 0 unspecified atom stereocenters. The van der Waals surface area contributed by atoms with Crippen LogP contribution in [0.4, 0.5) is 5.69 Å². The molecule has 2 N–H and O–H groups in total.